The zero-order valence-electron chi connectivity index (χ0n) is 19.8. The van der Waals surface area contributed by atoms with E-state index in [2.05, 4.69) is 15.7 Å². The van der Waals surface area contributed by atoms with E-state index in [-0.39, 0.29) is 47.0 Å². The van der Waals surface area contributed by atoms with Crippen molar-refractivity contribution < 1.29 is 22.8 Å². The summed E-state index contributed by atoms with van der Waals surface area (Å²) in [7, 11) is 1.70. The molecule has 0 saturated carbocycles. The number of hydrogen-bond acceptors (Lipinski definition) is 5. The van der Waals surface area contributed by atoms with Crippen molar-refractivity contribution in [2.24, 2.45) is 13.0 Å². The number of Topliss-reactive ketones (excluding diaryl/α,β-unsaturated/α-hetero) is 1. The fourth-order valence-electron chi connectivity index (χ4n) is 4.77. The highest BCUT2D eigenvalue weighted by Crippen LogP contribution is 2.39. The molecule has 7 nitrogen and oxygen atoms in total. The number of carbonyl (C=O) groups is 2. The first-order valence-corrected chi connectivity index (χ1v) is 12.3. The van der Waals surface area contributed by atoms with Crippen LogP contribution in [0.4, 0.5) is 8.78 Å². The summed E-state index contributed by atoms with van der Waals surface area (Å²) in [6.07, 6.45) is 2.85. The minimum absolute atomic E-state index is 0.0285. The number of halogens is 4. The van der Waals surface area contributed by atoms with Crippen LogP contribution in [-0.4, -0.2) is 40.6 Å². The Balaban J connectivity index is 1.54. The number of amides is 1. The lowest BCUT2D eigenvalue weighted by molar-refractivity contribution is -0.118. The smallest absolute Gasteiger partial charge is 0.216 e. The third kappa shape index (κ3) is 5.79. The van der Waals surface area contributed by atoms with E-state index in [1.807, 2.05) is 0 Å². The number of carbonyl (C=O) groups excluding carboxylic acids is 2. The van der Waals surface area contributed by atoms with E-state index in [0.29, 0.717) is 47.8 Å². The number of hydrogen-bond donors (Lipinski definition) is 2. The van der Waals surface area contributed by atoms with Gasteiger partial charge in [0, 0.05) is 33.0 Å². The summed E-state index contributed by atoms with van der Waals surface area (Å²) >= 11 is 12.5. The summed E-state index contributed by atoms with van der Waals surface area (Å²) in [4.78, 5) is 24.4. The van der Waals surface area contributed by atoms with Crippen LogP contribution in [-0.2, 0) is 11.8 Å². The summed E-state index contributed by atoms with van der Waals surface area (Å²) in [5.74, 6) is -2.55. The predicted molar refractivity (Wildman–Crippen MR) is 132 cm³/mol. The van der Waals surface area contributed by atoms with Crippen LogP contribution in [0.1, 0.15) is 48.2 Å². The third-order valence-corrected chi connectivity index (χ3v) is 7.13. The van der Waals surface area contributed by atoms with E-state index in [0.717, 1.165) is 6.07 Å². The van der Waals surface area contributed by atoms with Gasteiger partial charge >= 0.3 is 0 Å². The number of furan rings is 1. The van der Waals surface area contributed by atoms with Gasteiger partial charge in [-0.05, 0) is 66.6 Å². The molecule has 1 aliphatic rings. The van der Waals surface area contributed by atoms with Gasteiger partial charge in [0.05, 0.1) is 22.5 Å². The van der Waals surface area contributed by atoms with Crippen molar-refractivity contribution in [2.75, 3.05) is 13.1 Å². The number of aromatic nitrogens is 2. The van der Waals surface area contributed by atoms with Gasteiger partial charge in [-0.15, -0.1) is 0 Å². The van der Waals surface area contributed by atoms with Crippen molar-refractivity contribution in [3.05, 3.63) is 63.7 Å². The highest BCUT2D eigenvalue weighted by molar-refractivity contribution is 6.35. The Hall–Kier alpha value is -2.75. The van der Waals surface area contributed by atoms with Gasteiger partial charge in [-0.2, -0.15) is 5.10 Å². The monoisotopic (exact) mass is 538 g/mol. The van der Waals surface area contributed by atoms with Crippen LogP contribution in [0.3, 0.4) is 0 Å². The van der Waals surface area contributed by atoms with E-state index >= 15 is 0 Å². The fourth-order valence-corrected chi connectivity index (χ4v) is 5.27. The lowest BCUT2D eigenvalue weighted by Crippen LogP contribution is -2.45. The van der Waals surface area contributed by atoms with Crippen LogP contribution in [0.5, 0.6) is 0 Å². The molecule has 2 N–H and O–H groups in total. The van der Waals surface area contributed by atoms with Gasteiger partial charge in [0.1, 0.15) is 0 Å². The van der Waals surface area contributed by atoms with Gasteiger partial charge in [0.2, 0.25) is 11.1 Å². The van der Waals surface area contributed by atoms with Gasteiger partial charge in [0.15, 0.2) is 23.2 Å². The van der Waals surface area contributed by atoms with Crippen molar-refractivity contribution in [1.82, 2.24) is 20.4 Å². The Kier molecular flexibility index (Phi) is 8.12. The molecule has 3 heterocycles. The highest BCUT2D eigenvalue weighted by Gasteiger charge is 2.34. The SMILES string of the molecule is CC(=O)NCCC1C[C@@H](c2ccc(F)c(F)c2)[C@H](CC(=O)c2cc(-c3c(Cl)cnn3C)c(Cl)o2)CN1. The quantitative estimate of drug-likeness (QED) is 0.388. The van der Waals surface area contributed by atoms with Crippen molar-refractivity contribution in [1.29, 1.82) is 0 Å². The van der Waals surface area contributed by atoms with Crippen LogP contribution < -0.4 is 10.6 Å². The second-order valence-electron chi connectivity index (χ2n) is 9.04. The molecule has 1 amide bonds. The second kappa shape index (κ2) is 11.1. The fraction of sp³-hybridized carbons (Fsp3) is 0.400. The summed E-state index contributed by atoms with van der Waals surface area (Å²) < 4.78 is 34.8. The molecule has 4 rings (SSSR count). The molecule has 1 unspecified atom stereocenters. The number of piperidine rings is 1. The lowest BCUT2D eigenvalue weighted by Gasteiger charge is -2.37. The maximum Gasteiger partial charge on any atom is 0.216 e. The van der Waals surface area contributed by atoms with E-state index in [1.165, 1.54) is 19.2 Å². The largest absolute Gasteiger partial charge is 0.441 e. The summed E-state index contributed by atoms with van der Waals surface area (Å²) in [5.41, 5.74) is 1.62. The molecule has 36 heavy (non-hydrogen) atoms. The zero-order chi connectivity index (χ0) is 26.0. The summed E-state index contributed by atoms with van der Waals surface area (Å²) in [6.45, 7) is 2.43. The van der Waals surface area contributed by atoms with Crippen LogP contribution in [0.15, 0.2) is 34.9 Å². The molecule has 1 aromatic carbocycles. The minimum Gasteiger partial charge on any atom is -0.441 e. The molecule has 3 aromatic rings. The predicted octanol–water partition coefficient (Wildman–Crippen LogP) is 5.13. The molecule has 1 saturated heterocycles. The number of aryl methyl sites for hydroxylation is 1. The molecule has 192 valence electrons. The lowest BCUT2D eigenvalue weighted by atomic mass is 9.75. The Morgan fingerprint density at radius 2 is 2.03 bits per heavy atom. The minimum atomic E-state index is -0.929. The number of nitrogens with zero attached hydrogens (tertiary/aromatic N) is 2. The van der Waals surface area contributed by atoms with Crippen molar-refractivity contribution in [3.63, 3.8) is 0 Å². The van der Waals surface area contributed by atoms with E-state index < -0.39 is 11.6 Å². The van der Waals surface area contributed by atoms with E-state index in [9.17, 15) is 18.4 Å². The van der Waals surface area contributed by atoms with Crippen LogP contribution >= 0.6 is 23.2 Å². The first-order chi connectivity index (χ1) is 17.1. The number of ketones is 1. The first-order valence-electron chi connectivity index (χ1n) is 11.6. The Morgan fingerprint density at radius 3 is 2.69 bits per heavy atom. The van der Waals surface area contributed by atoms with E-state index in [1.54, 1.807) is 23.9 Å². The first kappa shape index (κ1) is 26.3. The van der Waals surface area contributed by atoms with E-state index in [4.69, 9.17) is 27.6 Å². The highest BCUT2D eigenvalue weighted by atomic mass is 35.5. The van der Waals surface area contributed by atoms with Gasteiger partial charge < -0.3 is 15.1 Å². The standard InChI is InChI=1S/C25H26Cl2F2N4O3/c1-13(34)30-6-5-16-9-17(14-3-4-20(28)21(29)7-14)15(11-31-16)8-22(35)23-10-18(25(27)36-23)24-19(26)12-32-33(24)2/h3-4,7,10,12,15-17,31H,5-6,8-9,11H2,1-2H3,(H,30,34)/t15-,16?,17+/m1/s1. The molecule has 0 bridgehead atoms. The topological polar surface area (TPSA) is 89.2 Å². The average Bonchev–Trinajstić information content (AvgIpc) is 3.37. The van der Waals surface area contributed by atoms with Crippen LogP contribution in [0.2, 0.25) is 10.2 Å². The molecule has 1 aliphatic heterocycles. The summed E-state index contributed by atoms with van der Waals surface area (Å²) in [6, 6.07) is 5.45. The summed E-state index contributed by atoms with van der Waals surface area (Å²) in [5, 5.41) is 10.7. The maximum absolute atomic E-state index is 14.1. The molecule has 11 heteroatoms. The van der Waals surface area contributed by atoms with Gasteiger partial charge in [-0.1, -0.05) is 17.7 Å². The maximum atomic E-state index is 14.1. The van der Waals surface area contributed by atoms with Gasteiger partial charge in [-0.3, -0.25) is 14.3 Å². The molecule has 0 aliphatic carbocycles. The van der Waals surface area contributed by atoms with Crippen LogP contribution in [0.25, 0.3) is 11.3 Å². The Bertz CT molecular complexity index is 1260. The van der Waals surface area contributed by atoms with Crippen LogP contribution in [0, 0.1) is 17.6 Å². The zero-order valence-corrected chi connectivity index (χ0v) is 21.3. The third-order valence-electron chi connectivity index (χ3n) is 6.57. The molecule has 0 radical (unpaired) electrons. The molecule has 0 spiro atoms. The molecular formula is C25H26Cl2F2N4O3. The van der Waals surface area contributed by atoms with Crippen molar-refractivity contribution >= 4 is 34.9 Å². The Labute approximate surface area is 217 Å². The van der Waals surface area contributed by atoms with Gasteiger partial charge in [0.25, 0.3) is 0 Å². The molecule has 3 atom stereocenters. The number of benzene rings is 1. The molecule has 1 fully saturated rings. The number of rotatable bonds is 8. The normalized spacial score (nSPS) is 19.9. The second-order valence-corrected chi connectivity index (χ2v) is 9.79. The Morgan fingerprint density at radius 1 is 1.25 bits per heavy atom. The number of nitrogens with one attached hydrogen (secondary N) is 2. The van der Waals surface area contributed by atoms with Gasteiger partial charge in [-0.25, -0.2) is 8.78 Å². The average molecular weight is 539 g/mol. The molecular weight excluding hydrogens is 513 g/mol. The molecule has 2 aromatic heterocycles. The van der Waals surface area contributed by atoms with Crippen molar-refractivity contribution in [2.45, 2.75) is 38.1 Å². The van der Waals surface area contributed by atoms with Crippen molar-refractivity contribution in [3.8, 4) is 11.3 Å².